The van der Waals surface area contributed by atoms with Crippen molar-refractivity contribution in [3.63, 3.8) is 0 Å². The van der Waals surface area contributed by atoms with Crippen LogP contribution in [0.2, 0.25) is 0 Å². The highest BCUT2D eigenvalue weighted by molar-refractivity contribution is 9.10. The van der Waals surface area contributed by atoms with Gasteiger partial charge in [-0.25, -0.2) is 0 Å². The van der Waals surface area contributed by atoms with Gasteiger partial charge >= 0.3 is 5.97 Å². The topological polar surface area (TPSA) is 102 Å². The number of aromatic hydroxyl groups is 1. The summed E-state index contributed by atoms with van der Waals surface area (Å²) in [6, 6.07) is 0.705. The zero-order chi connectivity index (χ0) is 13.3. The van der Waals surface area contributed by atoms with E-state index in [1.165, 1.54) is 0 Å². The Hall–Kier alpha value is -1.47. The molecule has 0 fully saturated rings. The Labute approximate surface area is 111 Å². The summed E-state index contributed by atoms with van der Waals surface area (Å²) >= 11 is 3.17. The molecule has 0 radical (unpaired) electrons. The van der Waals surface area contributed by atoms with Gasteiger partial charge in [0.1, 0.15) is 19.0 Å². The maximum Gasteiger partial charge on any atom is 0.305 e. The number of phenolic OH excluding ortho intramolecular Hbond substituents is 1. The van der Waals surface area contributed by atoms with E-state index < -0.39 is 12.0 Å². The predicted molar refractivity (Wildman–Crippen MR) is 66.0 cm³/mol. The standard InChI is InChI=1S/C11H12BrNO5/c12-5-3-7-11(18-2-1-17-7)9(10(5)16)6(13)4-8(14)15/h3,6,16H,1-2,4,13H2,(H,14,15). The highest BCUT2D eigenvalue weighted by Gasteiger charge is 2.27. The highest BCUT2D eigenvalue weighted by Crippen LogP contribution is 2.46. The second-order valence-corrected chi connectivity index (χ2v) is 4.70. The molecule has 2 rings (SSSR count). The van der Waals surface area contributed by atoms with Crippen LogP contribution in [0.25, 0.3) is 0 Å². The van der Waals surface area contributed by atoms with Gasteiger partial charge in [-0.1, -0.05) is 0 Å². The molecular formula is C11H12BrNO5. The van der Waals surface area contributed by atoms with Gasteiger partial charge in [-0.3, -0.25) is 4.79 Å². The van der Waals surface area contributed by atoms with Crippen LogP contribution in [0, 0.1) is 0 Å². The van der Waals surface area contributed by atoms with E-state index in [1.54, 1.807) is 6.07 Å². The average molecular weight is 318 g/mol. The molecule has 1 aromatic rings. The minimum atomic E-state index is -1.05. The molecular weight excluding hydrogens is 306 g/mol. The van der Waals surface area contributed by atoms with Crippen molar-refractivity contribution in [2.24, 2.45) is 5.73 Å². The van der Waals surface area contributed by atoms with Crippen LogP contribution in [0.1, 0.15) is 18.0 Å². The monoisotopic (exact) mass is 317 g/mol. The number of carbonyl (C=O) groups is 1. The van der Waals surface area contributed by atoms with Crippen LogP contribution in [0.3, 0.4) is 0 Å². The van der Waals surface area contributed by atoms with E-state index in [9.17, 15) is 9.90 Å². The normalized spacial score (nSPS) is 15.2. The van der Waals surface area contributed by atoms with Crippen molar-refractivity contribution in [3.8, 4) is 17.2 Å². The first-order valence-corrected chi connectivity index (χ1v) is 6.08. The Bertz CT molecular complexity index is 491. The summed E-state index contributed by atoms with van der Waals surface area (Å²) in [6.45, 7) is 0.735. The van der Waals surface area contributed by atoms with Crippen LogP contribution in [0.4, 0.5) is 0 Å². The van der Waals surface area contributed by atoms with E-state index in [0.29, 0.717) is 29.2 Å². The molecule has 6 nitrogen and oxygen atoms in total. The minimum absolute atomic E-state index is 0.118. The number of carboxylic acid groups (broad SMARTS) is 1. The molecule has 0 saturated heterocycles. The van der Waals surface area contributed by atoms with Gasteiger partial charge in [0.2, 0.25) is 0 Å². The summed E-state index contributed by atoms with van der Waals surface area (Å²) in [5, 5.41) is 18.7. The molecule has 98 valence electrons. The van der Waals surface area contributed by atoms with Gasteiger partial charge < -0.3 is 25.4 Å². The largest absolute Gasteiger partial charge is 0.506 e. The summed E-state index contributed by atoms with van der Waals surface area (Å²) in [4.78, 5) is 10.7. The predicted octanol–water partition coefficient (Wildman–Crippen LogP) is 1.40. The van der Waals surface area contributed by atoms with Crippen molar-refractivity contribution < 1.29 is 24.5 Å². The Morgan fingerprint density at radius 3 is 2.83 bits per heavy atom. The van der Waals surface area contributed by atoms with Crippen molar-refractivity contribution in [1.29, 1.82) is 0 Å². The maximum atomic E-state index is 10.7. The van der Waals surface area contributed by atoms with Gasteiger partial charge in [0.15, 0.2) is 11.5 Å². The first-order chi connectivity index (χ1) is 8.50. The molecule has 1 atom stereocenters. The van der Waals surface area contributed by atoms with Gasteiger partial charge in [0, 0.05) is 12.1 Å². The molecule has 0 aliphatic carbocycles. The van der Waals surface area contributed by atoms with Gasteiger partial charge in [-0.2, -0.15) is 0 Å². The number of fused-ring (bicyclic) bond motifs is 1. The van der Waals surface area contributed by atoms with Gasteiger partial charge in [0.05, 0.1) is 16.5 Å². The summed E-state index contributed by atoms with van der Waals surface area (Å²) in [5.74, 6) is -0.405. The van der Waals surface area contributed by atoms with Gasteiger partial charge in [-0.05, 0) is 15.9 Å². The average Bonchev–Trinajstić information content (AvgIpc) is 2.29. The third kappa shape index (κ3) is 2.37. The maximum absolute atomic E-state index is 10.7. The van der Waals surface area contributed by atoms with Crippen molar-refractivity contribution >= 4 is 21.9 Å². The van der Waals surface area contributed by atoms with Crippen LogP contribution in [-0.4, -0.2) is 29.4 Å². The molecule has 1 aliphatic heterocycles. The van der Waals surface area contributed by atoms with Crippen LogP contribution < -0.4 is 15.2 Å². The summed E-state index contributed by atoms with van der Waals surface area (Å²) < 4.78 is 11.2. The zero-order valence-electron chi connectivity index (χ0n) is 9.35. The fourth-order valence-electron chi connectivity index (χ4n) is 1.80. The number of nitrogens with two attached hydrogens (primary N) is 1. The first-order valence-electron chi connectivity index (χ1n) is 5.29. The summed E-state index contributed by atoms with van der Waals surface area (Å²) in [7, 11) is 0. The Morgan fingerprint density at radius 2 is 2.17 bits per heavy atom. The zero-order valence-corrected chi connectivity index (χ0v) is 10.9. The number of halogens is 1. The smallest absolute Gasteiger partial charge is 0.305 e. The van der Waals surface area contributed by atoms with Crippen LogP contribution in [0.15, 0.2) is 10.5 Å². The molecule has 0 bridgehead atoms. The number of hydrogen-bond acceptors (Lipinski definition) is 5. The van der Waals surface area contributed by atoms with Crippen LogP contribution in [0.5, 0.6) is 17.2 Å². The molecule has 18 heavy (non-hydrogen) atoms. The van der Waals surface area contributed by atoms with E-state index in [4.69, 9.17) is 20.3 Å². The lowest BCUT2D eigenvalue weighted by Crippen LogP contribution is -2.21. The third-order valence-electron chi connectivity index (χ3n) is 2.56. The molecule has 1 heterocycles. The summed E-state index contributed by atoms with van der Waals surface area (Å²) in [5.41, 5.74) is 6.04. The van der Waals surface area contributed by atoms with Crippen LogP contribution in [-0.2, 0) is 4.79 Å². The van der Waals surface area contributed by atoms with Gasteiger partial charge in [0.25, 0.3) is 0 Å². The molecule has 1 aliphatic rings. The van der Waals surface area contributed by atoms with Crippen molar-refractivity contribution in [1.82, 2.24) is 0 Å². The fraction of sp³-hybridized carbons (Fsp3) is 0.364. The number of ether oxygens (including phenoxy) is 2. The molecule has 0 amide bonds. The quantitative estimate of drug-likeness (QED) is 0.778. The molecule has 0 spiro atoms. The highest BCUT2D eigenvalue weighted by atomic mass is 79.9. The molecule has 4 N–H and O–H groups in total. The number of rotatable bonds is 3. The number of benzene rings is 1. The first kappa shape index (κ1) is 13.0. The molecule has 0 saturated carbocycles. The fourth-order valence-corrected chi connectivity index (χ4v) is 2.23. The third-order valence-corrected chi connectivity index (χ3v) is 3.16. The van der Waals surface area contributed by atoms with Crippen LogP contribution >= 0.6 is 15.9 Å². The van der Waals surface area contributed by atoms with E-state index in [2.05, 4.69) is 15.9 Å². The molecule has 0 aromatic heterocycles. The van der Waals surface area contributed by atoms with Crippen molar-refractivity contribution in [2.75, 3.05) is 13.2 Å². The number of aliphatic carboxylic acids is 1. The van der Waals surface area contributed by atoms with E-state index in [0.717, 1.165) is 0 Å². The van der Waals surface area contributed by atoms with Crippen molar-refractivity contribution in [2.45, 2.75) is 12.5 Å². The van der Waals surface area contributed by atoms with Gasteiger partial charge in [-0.15, -0.1) is 0 Å². The molecule has 7 heteroatoms. The Kier molecular flexibility index (Phi) is 3.63. The lowest BCUT2D eigenvalue weighted by Gasteiger charge is -2.24. The molecule has 1 unspecified atom stereocenters. The minimum Gasteiger partial charge on any atom is -0.506 e. The van der Waals surface area contributed by atoms with E-state index in [1.807, 2.05) is 0 Å². The molecule has 1 aromatic carbocycles. The summed E-state index contributed by atoms with van der Waals surface area (Å²) in [6.07, 6.45) is -0.306. The number of carboxylic acids is 1. The second-order valence-electron chi connectivity index (χ2n) is 3.85. The number of hydrogen-bond donors (Lipinski definition) is 3. The van der Waals surface area contributed by atoms with E-state index in [-0.39, 0.29) is 17.7 Å². The Balaban J connectivity index is 2.49. The van der Waals surface area contributed by atoms with E-state index >= 15 is 0 Å². The lowest BCUT2D eigenvalue weighted by molar-refractivity contribution is -0.137. The lowest BCUT2D eigenvalue weighted by atomic mass is 10.0. The number of phenols is 1. The SMILES string of the molecule is NC(CC(=O)O)c1c(O)c(Br)cc2c1OCCO2. The van der Waals surface area contributed by atoms with Crippen molar-refractivity contribution in [3.05, 3.63) is 16.1 Å². The Morgan fingerprint density at radius 1 is 1.50 bits per heavy atom. The second kappa shape index (κ2) is 5.03.